The lowest BCUT2D eigenvalue weighted by molar-refractivity contribution is 0.0379. The summed E-state index contributed by atoms with van der Waals surface area (Å²) in [5, 5.41) is 3.65. The molecule has 1 saturated heterocycles. The Morgan fingerprint density at radius 3 is 2.60 bits per heavy atom. The van der Waals surface area contributed by atoms with Crippen molar-refractivity contribution < 1.29 is 4.74 Å². The number of hydrogen-bond donors (Lipinski definition) is 1. The average Bonchev–Trinajstić information content (AvgIpc) is 2.99. The van der Waals surface area contributed by atoms with Crippen molar-refractivity contribution in [2.45, 2.75) is 32.7 Å². The number of rotatable bonds is 5. The highest BCUT2D eigenvalue weighted by atomic mass is 16.5. The molecule has 0 bridgehead atoms. The van der Waals surface area contributed by atoms with Crippen molar-refractivity contribution in [1.82, 2.24) is 10.2 Å². The van der Waals surface area contributed by atoms with Crippen LogP contribution in [0.25, 0.3) is 0 Å². The van der Waals surface area contributed by atoms with Gasteiger partial charge in [0, 0.05) is 32.2 Å². The van der Waals surface area contributed by atoms with Crippen LogP contribution in [0.2, 0.25) is 0 Å². The topological polar surface area (TPSA) is 24.5 Å². The second-order valence-electron chi connectivity index (χ2n) is 5.28. The van der Waals surface area contributed by atoms with E-state index in [1.807, 2.05) is 0 Å². The Kier molecular flexibility index (Phi) is 3.65. The SMILES string of the molecule is CC(NCCN1CCOCC1)C1(C)CC1. The Hall–Kier alpha value is -0.120. The quantitative estimate of drug-likeness (QED) is 0.738. The summed E-state index contributed by atoms with van der Waals surface area (Å²) >= 11 is 0. The molecule has 88 valence electrons. The number of ether oxygens (including phenoxy) is 1. The third-order valence-electron chi connectivity index (χ3n) is 4.07. The van der Waals surface area contributed by atoms with Gasteiger partial charge in [0.25, 0.3) is 0 Å². The van der Waals surface area contributed by atoms with Crippen molar-refractivity contribution >= 4 is 0 Å². The number of nitrogens with one attached hydrogen (secondary N) is 1. The van der Waals surface area contributed by atoms with Gasteiger partial charge in [-0.05, 0) is 25.2 Å². The van der Waals surface area contributed by atoms with E-state index in [4.69, 9.17) is 4.74 Å². The standard InChI is InChI=1S/C12H24N2O/c1-11(12(2)3-4-12)13-5-6-14-7-9-15-10-8-14/h11,13H,3-10H2,1-2H3. The second kappa shape index (κ2) is 4.81. The number of hydrogen-bond acceptors (Lipinski definition) is 3. The molecular formula is C12H24N2O. The van der Waals surface area contributed by atoms with E-state index in [1.54, 1.807) is 0 Å². The van der Waals surface area contributed by atoms with E-state index >= 15 is 0 Å². The van der Waals surface area contributed by atoms with E-state index < -0.39 is 0 Å². The minimum absolute atomic E-state index is 0.602. The van der Waals surface area contributed by atoms with Gasteiger partial charge in [0.2, 0.25) is 0 Å². The second-order valence-corrected chi connectivity index (χ2v) is 5.28. The highest BCUT2D eigenvalue weighted by molar-refractivity contribution is 4.96. The van der Waals surface area contributed by atoms with Crippen LogP contribution in [0.15, 0.2) is 0 Å². The molecule has 2 aliphatic rings. The maximum atomic E-state index is 5.33. The normalized spacial score (nSPS) is 27.6. The Morgan fingerprint density at radius 1 is 1.33 bits per heavy atom. The minimum atomic E-state index is 0.602. The molecule has 1 unspecified atom stereocenters. The molecule has 1 N–H and O–H groups in total. The smallest absolute Gasteiger partial charge is 0.0594 e. The van der Waals surface area contributed by atoms with Gasteiger partial charge in [0.05, 0.1) is 13.2 Å². The molecule has 2 rings (SSSR count). The lowest BCUT2D eigenvalue weighted by Crippen LogP contribution is -2.43. The number of nitrogens with zero attached hydrogens (tertiary/aromatic N) is 1. The monoisotopic (exact) mass is 212 g/mol. The summed E-state index contributed by atoms with van der Waals surface area (Å²) in [7, 11) is 0. The summed E-state index contributed by atoms with van der Waals surface area (Å²) in [5.74, 6) is 0. The van der Waals surface area contributed by atoms with Gasteiger partial charge in [-0.25, -0.2) is 0 Å². The van der Waals surface area contributed by atoms with Crippen LogP contribution < -0.4 is 5.32 Å². The van der Waals surface area contributed by atoms with E-state index in [0.29, 0.717) is 11.5 Å². The lowest BCUT2D eigenvalue weighted by Gasteiger charge is -2.28. The first kappa shape index (κ1) is 11.4. The first-order valence-electron chi connectivity index (χ1n) is 6.24. The van der Waals surface area contributed by atoms with Gasteiger partial charge in [-0.1, -0.05) is 6.92 Å². The zero-order valence-electron chi connectivity index (χ0n) is 10.1. The highest BCUT2D eigenvalue weighted by Gasteiger charge is 2.41. The zero-order chi connectivity index (χ0) is 10.7. The predicted octanol–water partition coefficient (Wildman–Crippen LogP) is 1.10. The molecule has 0 aromatic carbocycles. The highest BCUT2D eigenvalue weighted by Crippen LogP contribution is 2.47. The molecular weight excluding hydrogens is 188 g/mol. The van der Waals surface area contributed by atoms with Gasteiger partial charge < -0.3 is 10.1 Å². The van der Waals surface area contributed by atoms with E-state index in [9.17, 15) is 0 Å². The molecule has 0 aromatic heterocycles. The molecule has 1 saturated carbocycles. The van der Waals surface area contributed by atoms with Crippen molar-refractivity contribution in [2.75, 3.05) is 39.4 Å². The predicted molar refractivity (Wildman–Crippen MR) is 62.1 cm³/mol. The van der Waals surface area contributed by atoms with Gasteiger partial charge >= 0.3 is 0 Å². The molecule has 0 spiro atoms. The van der Waals surface area contributed by atoms with Crippen molar-refractivity contribution in [2.24, 2.45) is 5.41 Å². The van der Waals surface area contributed by atoms with Gasteiger partial charge in [0.1, 0.15) is 0 Å². The maximum absolute atomic E-state index is 5.33. The number of morpholine rings is 1. The fraction of sp³-hybridized carbons (Fsp3) is 1.00. The van der Waals surface area contributed by atoms with Crippen LogP contribution in [0.4, 0.5) is 0 Å². The van der Waals surface area contributed by atoms with Crippen molar-refractivity contribution in [1.29, 1.82) is 0 Å². The van der Waals surface area contributed by atoms with Crippen LogP contribution >= 0.6 is 0 Å². The van der Waals surface area contributed by atoms with Crippen molar-refractivity contribution in [3.8, 4) is 0 Å². The van der Waals surface area contributed by atoms with Gasteiger partial charge in [-0.3, -0.25) is 4.90 Å². The summed E-state index contributed by atoms with van der Waals surface area (Å²) in [6.45, 7) is 11.0. The zero-order valence-corrected chi connectivity index (χ0v) is 10.1. The summed E-state index contributed by atoms with van der Waals surface area (Å²) in [6.07, 6.45) is 2.80. The Morgan fingerprint density at radius 2 is 2.00 bits per heavy atom. The van der Waals surface area contributed by atoms with Gasteiger partial charge in [-0.2, -0.15) is 0 Å². The molecule has 2 fully saturated rings. The minimum Gasteiger partial charge on any atom is -0.379 e. The van der Waals surface area contributed by atoms with Crippen molar-refractivity contribution in [3.63, 3.8) is 0 Å². The van der Waals surface area contributed by atoms with Crippen LogP contribution in [0, 0.1) is 5.41 Å². The third-order valence-corrected chi connectivity index (χ3v) is 4.07. The Bertz CT molecular complexity index is 198. The molecule has 1 aliphatic heterocycles. The molecule has 0 amide bonds. The summed E-state index contributed by atoms with van der Waals surface area (Å²) in [4.78, 5) is 2.48. The van der Waals surface area contributed by atoms with E-state index in [-0.39, 0.29) is 0 Å². The molecule has 3 nitrogen and oxygen atoms in total. The molecule has 1 atom stereocenters. The van der Waals surface area contributed by atoms with Crippen LogP contribution in [0.3, 0.4) is 0 Å². The van der Waals surface area contributed by atoms with E-state index in [2.05, 4.69) is 24.1 Å². The molecule has 0 radical (unpaired) electrons. The molecule has 1 heterocycles. The molecule has 3 heteroatoms. The molecule has 0 aromatic rings. The fourth-order valence-electron chi connectivity index (χ4n) is 2.14. The summed E-state index contributed by atoms with van der Waals surface area (Å²) < 4.78 is 5.33. The van der Waals surface area contributed by atoms with Crippen LogP contribution in [-0.2, 0) is 4.74 Å². The van der Waals surface area contributed by atoms with Crippen LogP contribution in [-0.4, -0.2) is 50.3 Å². The molecule has 15 heavy (non-hydrogen) atoms. The van der Waals surface area contributed by atoms with E-state index in [1.165, 1.54) is 19.4 Å². The fourth-order valence-corrected chi connectivity index (χ4v) is 2.14. The average molecular weight is 212 g/mol. The van der Waals surface area contributed by atoms with Crippen LogP contribution in [0.1, 0.15) is 26.7 Å². The maximum Gasteiger partial charge on any atom is 0.0594 e. The first-order chi connectivity index (χ1) is 7.21. The lowest BCUT2D eigenvalue weighted by atomic mass is 10.0. The third kappa shape index (κ3) is 3.16. The van der Waals surface area contributed by atoms with Crippen molar-refractivity contribution in [3.05, 3.63) is 0 Å². The Balaban J connectivity index is 1.57. The molecule has 1 aliphatic carbocycles. The summed E-state index contributed by atoms with van der Waals surface area (Å²) in [5.41, 5.74) is 0.602. The van der Waals surface area contributed by atoms with Gasteiger partial charge in [0.15, 0.2) is 0 Å². The summed E-state index contributed by atoms with van der Waals surface area (Å²) in [6, 6.07) is 0.679. The Labute approximate surface area is 93.2 Å². The van der Waals surface area contributed by atoms with E-state index in [0.717, 1.165) is 32.8 Å². The largest absolute Gasteiger partial charge is 0.379 e. The first-order valence-corrected chi connectivity index (χ1v) is 6.24. The van der Waals surface area contributed by atoms with Gasteiger partial charge in [-0.15, -0.1) is 0 Å². The van der Waals surface area contributed by atoms with Crippen LogP contribution in [0.5, 0.6) is 0 Å².